The molecule has 0 saturated carbocycles. The second kappa shape index (κ2) is 5.74. The summed E-state index contributed by atoms with van der Waals surface area (Å²) in [5, 5.41) is 0.662. The second-order valence-corrected chi connectivity index (χ2v) is 4.66. The van der Waals surface area contributed by atoms with Crippen LogP contribution in [0.15, 0.2) is 18.2 Å². The Morgan fingerprint density at radius 2 is 1.95 bits per heavy atom. The minimum atomic E-state index is -0.814. The lowest BCUT2D eigenvalue weighted by atomic mass is 10.1. The average Bonchev–Trinajstić information content (AvgIpc) is 2.78. The number of nitrogens with one attached hydrogen (secondary N) is 1. The van der Waals surface area contributed by atoms with E-state index in [4.69, 9.17) is 19.9 Å². The van der Waals surface area contributed by atoms with Crippen molar-refractivity contribution < 1.29 is 23.8 Å². The van der Waals surface area contributed by atoms with Crippen molar-refractivity contribution in [3.8, 4) is 11.6 Å². The largest absolute Gasteiger partial charge is 0.515 e. The first-order chi connectivity index (χ1) is 9.90. The van der Waals surface area contributed by atoms with E-state index in [9.17, 15) is 9.59 Å². The molecule has 0 aliphatic carbocycles. The molecule has 0 saturated heterocycles. The number of carbonyl (C=O) groups excluding carboxylic acids is 2. The van der Waals surface area contributed by atoms with Crippen LogP contribution in [-0.4, -0.2) is 30.3 Å². The fourth-order valence-electron chi connectivity index (χ4n) is 1.85. The molecule has 1 aromatic heterocycles. The van der Waals surface area contributed by atoms with Crippen molar-refractivity contribution in [1.82, 2.24) is 4.98 Å². The molecule has 2 aromatic rings. The van der Waals surface area contributed by atoms with E-state index < -0.39 is 12.1 Å². The van der Waals surface area contributed by atoms with Gasteiger partial charge in [-0.3, -0.25) is 4.79 Å². The zero-order valence-electron chi connectivity index (χ0n) is 11.9. The van der Waals surface area contributed by atoms with Crippen LogP contribution in [0.3, 0.4) is 0 Å². The van der Waals surface area contributed by atoms with E-state index in [1.807, 2.05) is 0 Å². The summed E-state index contributed by atoms with van der Waals surface area (Å²) in [6.45, 7) is 3.43. The highest BCUT2D eigenvalue weighted by atomic mass is 16.7. The fraction of sp³-hybridized carbons (Fsp3) is 0.286. The van der Waals surface area contributed by atoms with Gasteiger partial charge in [0.05, 0.1) is 18.7 Å². The van der Waals surface area contributed by atoms with Crippen molar-refractivity contribution in [2.24, 2.45) is 5.73 Å². The Labute approximate surface area is 121 Å². The summed E-state index contributed by atoms with van der Waals surface area (Å²) in [5.41, 5.74) is 6.11. The Balaban J connectivity index is 2.36. The molecule has 0 unspecified atom stereocenters. The highest BCUT2D eigenvalue weighted by Crippen LogP contribution is 2.30. The summed E-state index contributed by atoms with van der Waals surface area (Å²) in [7, 11) is 1.47. The summed E-state index contributed by atoms with van der Waals surface area (Å²) in [4.78, 5) is 25.6. The predicted molar refractivity (Wildman–Crippen MR) is 75.6 cm³/mol. The van der Waals surface area contributed by atoms with Gasteiger partial charge in [-0.05, 0) is 26.0 Å². The van der Waals surface area contributed by atoms with Crippen LogP contribution in [0.25, 0.3) is 10.9 Å². The van der Waals surface area contributed by atoms with Gasteiger partial charge in [0.1, 0.15) is 5.75 Å². The molecule has 0 atom stereocenters. The summed E-state index contributed by atoms with van der Waals surface area (Å²) >= 11 is 0. The number of benzene rings is 1. The number of ether oxygens (including phenoxy) is 3. The van der Waals surface area contributed by atoms with Crippen molar-refractivity contribution in [3.05, 3.63) is 23.8 Å². The van der Waals surface area contributed by atoms with Gasteiger partial charge in [0.25, 0.3) is 0 Å². The molecular formula is C14H16N2O5. The number of carbonyl (C=O) groups is 2. The van der Waals surface area contributed by atoms with Crippen LogP contribution in [0.2, 0.25) is 0 Å². The van der Waals surface area contributed by atoms with Gasteiger partial charge < -0.3 is 24.9 Å². The quantitative estimate of drug-likeness (QED) is 0.841. The first-order valence-corrected chi connectivity index (χ1v) is 6.29. The van der Waals surface area contributed by atoms with Crippen molar-refractivity contribution in [2.45, 2.75) is 20.0 Å². The number of nitrogens with two attached hydrogens (primary N) is 1. The van der Waals surface area contributed by atoms with Gasteiger partial charge in [0, 0.05) is 17.0 Å². The van der Waals surface area contributed by atoms with Crippen molar-refractivity contribution in [1.29, 1.82) is 0 Å². The molecular weight excluding hydrogens is 276 g/mol. The molecule has 0 aliphatic heterocycles. The normalized spacial score (nSPS) is 10.7. The monoisotopic (exact) mass is 292 g/mol. The number of H-pyrrole nitrogens is 1. The van der Waals surface area contributed by atoms with Gasteiger partial charge in [0.15, 0.2) is 0 Å². The van der Waals surface area contributed by atoms with Crippen LogP contribution in [0.5, 0.6) is 11.6 Å². The number of hydrogen-bond acceptors (Lipinski definition) is 5. The van der Waals surface area contributed by atoms with Gasteiger partial charge >= 0.3 is 6.16 Å². The van der Waals surface area contributed by atoms with Gasteiger partial charge in [0.2, 0.25) is 11.8 Å². The molecule has 2 rings (SSSR count). The summed E-state index contributed by atoms with van der Waals surface area (Å²) in [5.74, 6) is 0.0617. The van der Waals surface area contributed by atoms with Crippen LogP contribution in [0.1, 0.15) is 24.2 Å². The number of primary amides is 1. The molecule has 112 valence electrons. The highest BCUT2D eigenvalue weighted by Gasteiger charge is 2.15. The molecule has 7 nitrogen and oxygen atoms in total. The Bertz CT molecular complexity index is 690. The average molecular weight is 292 g/mol. The van der Waals surface area contributed by atoms with E-state index in [1.54, 1.807) is 26.0 Å². The maximum atomic E-state index is 11.5. The summed E-state index contributed by atoms with van der Waals surface area (Å²) in [6.07, 6.45) is -1.09. The van der Waals surface area contributed by atoms with E-state index in [0.717, 1.165) is 0 Å². The van der Waals surface area contributed by atoms with Crippen LogP contribution >= 0.6 is 0 Å². The van der Waals surface area contributed by atoms with E-state index >= 15 is 0 Å². The van der Waals surface area contributed by atoms with Crippen LogP contribution < -0.4 is 15.2 Å². The van der Waals surface area contributed by atoms with Crippen molar-refractivity contribution >= 4 is 23.0 Å². The highest BCUT2D eigenvalue weighted by molar-refractivity contribution is 5.99. The number of methoxy groups -OCH3 is 1. The van der Waals surface area contributed by atoms with E-state index in [2.05, 4.69) is 4.98 Å². The van der Waals surface area contributed by atoms with Crippen LogP contribution in [0.4, 0.5) is 4.79 Å². The smallest absolute Gasteiger partial charge is 0.496 e. The van der Waals surface area contributed by atoms with E-state index in [1.165, 1.54) is 13.2 Å². The third-order valence-electron chi connectivity index (χ3n) is 2.71. The maximum absolute atomic E-state index is 11.5. The first kappa shape index (κ1) is 14.7. The molecule has 1 heterocycles. The van der Waals surface area contributed by atoms with Crippen LogP contribution in [0, 0.1) is 0 Å². The van der Waals surface area contributed by atoms with E-state index in [0.29, 0.717) is 16.7 Å². The van der Waals surface area contributed by atoms with E-state index in [-0.39, 0.29) is 17.5 Å². The Morgan fingerprint density at radius 3 is 2.52 bits per heavy atom. The van der Waals surface area contributed by atoms with Gasteiger partial charge in [-0.15, -0.1) is 0 Å². The third-order valence-corrected chi connectivity index (χ3v) is 2.71. The Morgan fingerprint density at radius 1 is 1.24 bits per heavy atom. The lowest BCUT2D eigenvalue weighted by molar-refractivity contribution is 0.0718. The molecule has 0 spiro atoms. The number of rotatable bonds is 4. The topological polar surface area (TPSA) is 104 Å². The summed E-state index contributed by atoms with van der Waals surface area (Å²) in [6, 6.07) is 4.66. The minimum absolute atomic E-state index is 0.190. The summed E-state index contributed by atoms with van der Waals surface area (Å²) < 4.78 is 15.1. The molecule has 3 N–H and O–H groups in total. The molecule has 1 aromatic carbocycles. The van der Waals surface area contributed by atoms with Crippen LogP contribution in [-0.2, 0) is 4.74 Å². The minimum Gasteiger partial charge on any atom is -0.496 e. The van der Waals surface area contributed by atoms with Gasteiger partial charge in [-0.1, -0.05) is 0 Å². The predicted octanol–water partition coefficient (Wildman–Crippen LogP) is 2.20. The molecule has 21 heavy (non-hydrogen) atoms. The molecule has 0 radical (unpaired) electrons. The number of hydrogen-bond donors (Lipinski definition) is 2. The molecule has 1 amide bonds. The number of aromatic nitrogens is 1. The van der Waals surface area contributed by atoms with Gasteiger partial charge in [-0.2, -0.15) is 0 Å². The maximum Gasteiger partial charge on any atom is 0.515 e. The van der Waals surface area contributed by atoms with Crippen molar-refractivity contribution in [2.75, 3.05) is 7.11 Å². The lowest BCUT2D eigenvalue weighted by Gasteiger charge is -2.06. The SMILES string of the molecule is COc1cc(C(N)=O)cc2[nH]c(OC(=O)OC(C)C)cc12. The zero-order valence-corrected chi connectivity index (χ0v) is 11.9. The third kappa shape index (κ3) is 3.25. The first-order valence-electron chi connectivity index (χ1n) is 6.29. The Kier molecular flexibility index (Phi) is 4.02. The lowest BCUT2D eigenvalue weighted by Crippen LogP contribution is -2.15. The number of fused-ring (bicyclic) bond motifs is 1. The molecule has 7 heteroatoms. The number of amides is 1. The molecule has 0 bridgehead atoms. The number of aromatic amines is 1. The molecule has 0 fully saturated rings. The Hall–Kier alpha value is -2.70. The van der Waals surface area contributed by atoms with Crippen molar-refractivity contribution in [3.63, 3.8) is 0 Å². The second-order valence-electron chi connectivity index (χ2n) is 4.66. The molecule has 0 aliphatic rings. The fourth-order valence-corrected chi connectivity index (χ4v) is 1.85. The van der Waals surface area contributed by atoms with Gasteiger partial charge in [-0.25, -0.2) is 4.79 Å². The zero-order chi connectivity index (χ0) is 15.6. The standard InChI is InChI=1S/C14H16N2O5/c1-7(2)20-14(18)21-12-6-9-10(16-12)4-8(13(15)17)5-11(9)19-3/h4-7,16H,1-3H3,(H2,15,17).